The van der Waals surface area contributed by atoms with Crippen molar-refractivity contribution in [2.45, 2.75) is 45.1 Å². The van der Waals surface area contributed by atoms with Crippen molar-refractivity contribution in [3.05, 3.63) is 64.9 Å². The van der Waals surface area contributed by atoms with Crippen molar-refractivity contribution in [1.29, 1.82) is 0 Å². The Morgan fingerprint density at radius 2 is 2.03 bits per heavy atom. The molecule has 4 aromatic rings. The van der Waals surface area contributed by atoms with Crippen LogP contribution >= 0.6 is 0 Å². The molecule has 0 amide bonds. The predicted octanol–water partition coefficient (Wildman–Crippen LogP) is 3.08. The Morgan fingerprint density at radius 3 is 2.79 bits per heavy atom. The van der Waals surface area contributed by atoms with Gasteiger partial charge in [0.05, 0.1) is 24.6 Å². The van der Waals surface area contributed by atoms with Gasteiger partial charge in [0.25, 0.3) is 5.56 Å². The normalized spacial score (nSPS) is 11.4. The fourth-order valence-electron chi connectivity index (χ4n) is 4.05. The third-order valence-electron chi connectivity index (χ3n) is 5.87. The van der Waals surface area contributed by atoms with Crippen LogP contribution < -0.4 is 5.56 Å². The van der Waals surface area contributed by atoms with E-state index in [-0.39, 0.29) is 17.9 Å². The Morgan fingerprint density at radius 1 is 1.15 bits per heavy atom. The molecule has 9 heteroatoms. The quantitative estimate of drug-likeness (QED) is 0.324. The maximum Gasteiger partial charge on any atom is 0.273 e. The summed E-state index contributed by atoms with van der Waals surface area (Å²) >= 11 is 0. The van der Waals surface area contributed by atoms with Gasteiger partial charge in [0, 0.05) is 67.9 Å². The van der Waals surface area contributed by atoms with Gasteiger partial charge in [0.15, 0.2) is 5.78 Å². The third kappa shape index (κ3) is 5.66. The zero-order chi connectivity index (χ0) is 23.9. The summed E-state index contributed by atoms with van der Waals surface area (Å²) in [5.74, 6) is -0.0127. The lowest BCUT2D eigenvalue weighted by atomic mass is 10.1. The fraction of sp³-hybridized carbons (Fsp3) is 0.400. The molecule has 0 fully saturated rings. The molecule has 4 aromatic heterocycles. The second kappa shape index (κ2) is 11.0. The lowest BCUT2D eigenvalue weighted by Crippen LogP contribution is -2.29. The molecule has 0 aliphatic heterocycles. The Bertz CT molecular complexity index is 1290. The maximum atomic E-state index is 13.3. The minimum Gasteiger partial charge on any atom is -0.385 e. The Labute approximate surface area is 197 Å². The number of aromatic nitrogens is 6. The zero-order valence-corrected chi connectivity index (χ0v) is 19.7. The molecular formula is C25H30N6O3. The summed E-state index contributed by atoms with van der Waals surface area (Å²) in [7, 11) is 3.50. The molecule has 0 saturated heterocycles. The maximum absolute atomic E-state index is 13.3. The van der Waals surface area contributed by atoms with Gasteiger partial charge in [-0.3, -0.25) is 28.8 Å². The minimum atomic E-state index is -0.210. The zero-order valence-electron chi connectivity index (χ0n) is 19.7. The molecule has 9 nitrogen and oxygen atoms in total. The first-order valence-electron chi connectivity index (χ1n) is 11.5. The first-order valence-corrected chi connectivity index (χ1v) is 11.5. The van der Waals surface area contributed by atoms with E-state index in [1.54, 1.807) is 41.1 Å². The summed E-state index contributed by atoms with van der Waals surface area (Å²) in [6, 6.07) is 3.92. The summed E-state index contributed by atoms with van der Waals surface area (Å²) in [5, 5.41) is 5.23. The van der Waals surface area contributed by atoms with E-state index in [1.165, 1.54) is 0 Å². The van der Waals surface area contributed by atoms with Crippen molar-refractivity contribution in [2.75, 3.05) is 13.7 Å². The number of rotatable bonds is 12. The monoisotopic (exact) mass is 462 g/mol. The van der Waals surface area contributed by atoms with E-state index < -0.39 is 0 Å². The van der Waals surface area contributed by atoms with Gasteiger partial charge in [-0.15, -0.1) is 0 Å². The molecular weight excluding hydrogens is 432 g/mol. The van der Waals surface area contributed by atoms with Crippen molar-refractivity contribution in [2.24, 2.45) is 7.05 Å². The number of hydrogen-bond donors (Lipinski definition) is 1. The number of methoxy groups -OCH3 is 1. The lowest BCUT2D eigenvalue weighted by molar-refractivity contribution is -0.119. The Kier molecular flexibility index (Phi) is 7.64. The van der Waals surface area contributed by atoms with Gasteiger partial charge >= 0.3 is 0 Å². The highest BCUT2D eigenvalue weighted by Crippen LogP contribution is 2.18. The largest absolute Gasteiger partial charge is 0.385 e. The van der Waals surface area contributed by atoms with E-state index in [9.17, 15) is 9.59 Å². The van der Waals surface area contributed by atoms with Crippen LogP contribution in [0.4, 0.5) is 0 Å². The number of aryl methyl sites for hydroxylation is 3. The van der Waals surface area contributed by atoms with Crippen LogP contribution in [0.25, 0.3) is 22.2 Å². The van der Waals surface area contributed by atoms with Gasteiger partial charge in [-0.25, -0.2) is 0 Å². The highest BCUT2D eigenvalue weighted by Gasteiger charge is 2.16. The summed E-state index contributed by atoms with van der Waals surface area (Å²) in [6.07, 6.45) is 12.9. The van der Waals surface area contributed by atoms with Crippen molar-refractivity contribution < 1.29 is 9.53 Å². The molecule has 0 radical (unpaired) electrons. The number of aromatic amines is 1. The molecule has 0 aliphatic rings. The van der Waals surface area contributed by atoms with Crippen LogP contribution in [-0.2, 0) is 36.0 Å². The summed E-state index contributed by atoms with van der Waals surface area (Å²) in [4.78, 5) is 38.1. The van der Waals surface area contributed by atoms with Crippen molar-refractivity contribution in [3.8, 4) is 11.3 Å². The molecule has 34 heavy (non-hydrogen) atoms. The van der Waals surface area contributed by atoms with E-state index in [0.717, 1.165) is 41.4 Å². The van der Waals surface area contributed by atoms with Gasteiger partial charge in [0.2, 0.25) is 0 Å². The number of pyridine rings is 1. The SMILES string of the molecule is COCCCCCc1ncc(-c2cnn(C)c2)n(CC(=O)CCc2cc3cnccc3[nH]2)c1=O. The molecule has 0 aromatic carbocycles. The second-order valence-electron chi connectivity index (χ2n) is 8.48. The molecule has 0 saturated carbocycles. The highest BCUT2D eigenvalue weighted by atomic mass is 16.5. The van der Waals surface area contributed by atoms with E-state index >= 15 is 0 Å². The Balaban J connectivity index is 1.50. The van der Waals surface area contributed by atoms with Gasteiger partial charge in [0.1, 0.15) is 5.69 Å². The van der Waals surface area contributed by atoms with Gasteiger partial charge in [-0.1, -0.05) is 6.42 Å². The molecule has 0 bridgehead atoms. The van der Waals surface area contributed by atoms with Crippen molar-refractivity contribution in [3.63, 3.8) is 0 Å². The third-order valence-corrected chi connectivity index (χ3v) is 5.87. The fourth-order valence-corrected chi connectivity index (χ4v) is 4.05. The van der Waals surface area contributed by atoms with Crippen LogP contribution in [0.5, 0.6) is 0 Å². The smallest absolute Gasteiger partial charge is 0.273 e. The molecule has 178 valence electrons. The van der Waals surface area contributed by atoms with E-state index in [2.05, 4.69) is 20.1 Å². The molecule has 0 spiro atoms. The Hall–Kier alpha value is -3.59. The first kappa shape index (κ1) is 23.6. The number of nitrogens with zero attached hydrogens (tertiary/aromatic N) is 5. The highest BCUT2D eigenvalue weighted by molar-refractivity contribution is 5.81. The van der Waals surface area contributed by atoms with Crippen LogP contribution in [0, 0.1) is 0 Å². The number of H-pyrrole nitrogens is 1. The number of unbranched alkanes of at least 4 members (excludes halogenated alkanes) is 2. The standard InChI is InChI=1S/C25H30N6O3/c1-30-16-19(14-28-30)24-15-27-23(6-4-3-5-11-34-2)25(33)31(24)17-21(32)8-7-20-12-18-13-26-10-9-22(18)29-20/h9-10,12-16,29H,3-8,11,17H2,1-2H3. The van der Waals surface area contributed by atoms with Crippen molar-refractivity contribution in [1.82, 2.24) is 29.3 Å². The summed E-state index contributed by atoms with van der Waals surface area (Å²) < 4.78 is 8.30. The average molecular weight is 463 g/mol. The number of ketones is 1. The molecule has 4 heterocycles. The van der Waals surface area contributed by atoms with Crippen LogP contribution in [0.3, 0.4) is 0 Å². The van der Waals surface area contributed by atoms with Gasteiger partial charge < -0.3 is 9.72 Å². The first-order chi connectivity index (χ1) is 16.5. The lowest BCUT2D eigenvalue weighted by Gasteiger charge is -2.13. The number of Topliss-reactive ketones (excluding diaryl/α,β-unsaturated/α-hetero) is 1. The van der Waals surface area contributed by atoms with Gasteiger partial charge in [-0.05, 0) is 37.8 Å². The van der Waals surface area contributed by atoms with Crippen LogP contribution in [0.15, 0.2) is 47.9 Å². The number of carbonyl (C=O) groups excluding carboxylic acids is 1. The predicted molar refractivity (Wildman–Crippen MR) is 130 cm³/mol. The topological polar surface area (TPSA) is 108 Å². The number of hydrogen-bond acceptors (Lipinski definition) is 6. The summed E-state index contributed by atoms with van der Waals surface area (Å²) in [6.45, 7) is 0.711. The molecule has 1 N–H and O–H groups in total. The number of fused-ring (bicyclic) bond motifs is 1. The van der Waals surface area contributed by atoms with E-state index in [0.29, 0.717) is 37.3 Å². The van der Waals surface area contributed by atoms with Crippen molar-refractivity contribution >= 4 is 16.7 Å². The molecule has 0 atom stereocenters. The number of nitrogens with one attached hydrogen (secondary N) is 1. The molecule has 4 rings (SSSR count). The number of carbonyl (C=O) groups is 1. The van der Waals surface area contributed by atoms with E-state index in [1.807, 2.05) is 25.4 Å². The van der Waals surface area contributed by atoms with Gasteiger partial charge in [-0.2, -0.15) is 5.10 Å². The van der Waals surface area contributed by atoms with Crippen LogP contribution in [0.2, 0.25) is 0 Å². The molecule has 0 aliphatic carbocycles. The van der Waals surface area contributed by atoms with Crippen LogP contribution in [0.1, 0.15) is 37.1 Å². The average Bonchev–Trinajstić information content (AvgIpc) is 3.45. The minimum absolute atomic E-state index is 0.00401. The van der Waals surface area contributed by atoms with E-state index in [4.69, 9.17) is 4.74 Å². The number of ether oxygens (including phenoxy) is 1. The second-order valence-corrected chi connectivity index (χ2v) is 8.48. The van der Waals surface area contributed by atoms with Crippen LogP contribution in [-0.4, -0.2) is 48.8 Å². The summed E-state index contributed by atoms with van der Waals surface area (Å²) in [5.41, 5.74) is 3.61. The molecule has 0 unspecified atom stereocenters.